The first-order valence-electron chi connectivity index (χ1n) is 4.79. The molecular formula is C12H15N. The molecule has 0 aliphatic carbocycles. The minimum Gasteiger partial charge on any atom is -0.324 e. The SMILES string of the molecule is CC1=CN2C=CC=CC2=CCC1C. The van der Waals surface area contributed by atoms with Crippen molar-refractivity contribution in [1.29, 1.82) is 0 Å². The zero-order valence-electron chi connectivity index (χ0n) is 8.20. The van der Waals surface area contributed by atoms with Crippen molar-refractivity contribution in [3.8, 4) is 0 Å². The standard InChI is InChI=1S/C12H15N/c1-10-6-7-12-5-3-4-8-13(12)9-11(10)2/h3-5,7-10H,6H2,1-2H3. The van der Waals surface area contributed by atoms with Crippen molar-refractivity contribution in [2.24, 2.45) is 5.92 Å². The molecule has 0 bridgehead atoms. The van der Waals surface area contributed by atoms with Crippen molar-refractivity contribution in [3.05, 3.63) is 48.0 Å². The summed E-state index contributed by atoms with van der Waals surface area (Å²) in [6.45, 7) is 4.47. The normalized spacial score (nSPS) is 26.3. The van der Waals surface area contributed by atoms with Gasteiger partial charge in [-0.15, -0.1) is 0 Å². The molecule has 2 heterocycles. The second-order valence-electron chi connectivity index (χ2n) is 3.75. The van der Waals surface area contributed by atoms with E-state index in [1.165, 1.54) is 11.3 Å². The van der Waals surface area contributed by atoms with Crippen LogP contribution in [0, 0.1) is 5.92 Å². The highest BCUT2D eigenvalue weighted by molar-refractivity contribution is 5.32. The summed E-state index contributed by atoms with van der Waals surface area (Å²) in [4.78, 5) is 2.19. The van der Waals surface area contributed by atoms with E-state index >= 15 is 0 Å². The first-order chi connectivity index (χ1) is 6.27. The van der Waals surface area contributed by atoms with Crippen molar-refractivity contribution in [3.63, 3.8) is 0 Å². The number of rotatable bonds is 0. The van der Waals surface area contributed by atoms with Crippen LogP contribution in [0.15, 0.2) is 48.0 Å². The zero-order chi connectivity index (χ0) is 9.26. The van der Waals surface area contributed by atoms with E-state index in [4.69, 9.17) is 0 Å². The maximum atomic E-state index is 2.30. The van der Waals surface area contributed by atoms with Crippen LogP contribution in [-0.2, 0) is 0 Å². The topological polar surface area (TPSA) is 3.24 Å². The minimum absolute atomic E-state index is 0.667. The van der Waals surface area contributed by atoms with E-state index < -0.39 is 0 Å². The second-order valence-corrected chi connectivity index (χ2v) is 3.75. The zero-order valence-corrected chi connectivity index (χ0v) is 8.20. The van der Waals surface area contributed by atoms with Crippen molar-refractivity contribution in [2.45, 2.75) is 20.3 Å². The van der Waals surface area contributed by atoms with Gasteiger partial charge in [0.05, 0.1) is 0 Å². The molecule has 0 radical (unpaired) electrons. The Morgan fingerprint density at radius 1 is 1.38 bits per heavy atom. The molecule has 1 nitrogen and oxygen atoms in total. The summed E-state index contributed by atoms with van der Waals surface area (Å²) in [5.74, 6) is 0.667. The monoisotopic (exact) mass is 173 g/mol. The summed E-state index contributed by atoms with van der Waals surface area (Å²) in [5.41, 5.74) is 2.75. The molecule has 0 aromatic carbocycles. The first kappa shape index (κ1) is 8.36. The molecule has 0 spiro atoms. The minimum atomic E-state index is 0.667. The molecule has 0 N–H and O–H groups in total. The Labute approximate surface area is 79.7 Å². The quantitative estimate of drug-likeness (QED) is 0.543. The van der Waals surface area contributed by atoms with Crippen molar-refractivity contribution >= 4 is 0 Å². The Kier molecular flexibility index (Phi) is 2.09. The largest absolute Gasteiger partial charge is 0.324 e. The summed E-state index contributed by atoms with van der Waals surface area (Å²) < 4.78 is 0. The summed E-state index contributed by atoms with van der Waals surface area (Å²) in [6, 6.07) is 0. The molecule has 1 atom stereocenters. The van der Waals surface area contributed by atoms with Gasteiger partial charge in [-0.25, -0.2) is 0 Å². The molecule has 2 aliphatic heterocycles. The lowest BCUT2D eigenvalue weighted by Gasteiger charge is -2.18. The number of allylic oxidation sites excluding steroid dienone is 5. The molecule has 2 rings (SSSR count). The van der Waals surface area contributed by atoms with Crippen LogP contribution in [0.25, 0.3) is 0 Å². The molecule has 1 heteroatoms. The molecule has 0 amide bonds. The number of hydrogen-bond donors (Lipinski definition) is 0. The molecule has 0 aromatic rings. The molecule has 13 heavy (non-hydrogen) atoms. The van der Waals surface area contributed by atoms with Gasteiger partial charge in [0.1, 0.15) is 0 Å². The maximum Gasteiger partial charge on any atom is 0.0409 e. The van der Waals surface area contributed by atoms with Gasteiger partial charge in [-0.3, -0.25) is 0 Å². The number of hydrogen-bond acceptors (Lipinski definition) is 1. The van der Waals surface area contributed by atoms with Crippen molar-refractivity contribution in [2.75, 3.05) is 0 Å². The van der Waals surface area contributed by atoms with Crippen LogP contribution in [0.5, 0.6) is 0 Å². The van der Waals surface area contributed by atoms with E-state index in [1.54, 1.807) is 0 Å². The van der Waals surface area contributed by atoms with Crippen LogP contribution < -0.4 is 0 Å². The highest BCUT2D eigenvalue weighted by Gasteiger charge is 2.12. The van der Waals surface area contributed by atoms with Gasteiger partial charge in [0.25, 0.3) is 0 Å². The summed E-state index contributed by atoms with van der Waals surface area (Å²) in [5, 5.41) is 0. The Bertz CT molecular complexity index is 318. The van der Waals surface area contributed by atoms with E-state index in [9.17, 15) is 0 Å². The average Bonchev–Trinajstić information content (AvgIpc) is 2.28. The third kappa shape index (κ3) is 1.59. The first-order valence-corrected chi connectivity index (χ1v) is 4.79. The van der Waals surface area contributed by atoms with E-state index in [0.717, 1.165) is 6.42 Å². The Hall–Kier alpha value is -1.24. The van der Waals surface area contributed by atoms with Crippen LogP contribution in [0.1, 0.15) is 20.3 Å². The number of nitrogens with zero attached hydrogens (tertiary/aromatic N) is 1. The van der Waals surface area contributed by atoms with E-state index in [-0.39, 0.29) is 0 Å². The molecule has 68 valence electrons. The smallest absolute Gasteiger partial charge is 0.0409 e. The third-order valence-electron chi connectivity index (χ3n) is 2.72. The summed E-state index contributed by atoms with van der Waals surface area (Å²) >= 11 is 0. The highest BCUT2D eigenvalue weighted by atomic mass is 15.1. The molecule has 0 saturated carbocycles. The van der Waals surface area contributed by atoms with Gasteiger partial charge in [-0.05, 0) is 31.4 Å². The molecule has 0 aromatic heterocycles. The van der Waals surface area contributed by atoms with E-state index in [2.05, 4.69) is 55.5 Å². The predicted octanol–water partition coefficient (Wildman–Crippen LogP) is 3.20. The number of fused-ring (bicyclic) bond motifs is 1. The average molecular weight is 173 g/mol. The Morgan fingerprint density at radius 2 is 2.23 bits per heavy atom. The van der Waals surface area contributed by atoms with Gasteiger partial charge in [-0.1, -0.05) is 24.6 Å². The fourth-order valence-electron chi connectivity index (χ4n) is 1.59. The molecule has 0 saturated heterocycles. The van der Waals surface area contributed by atoms with Crippen LogP contribution in [0.3, 0.4) is 0 Å². The molecule has 0 fully saturated rings. The van der Waals surface area contributed by atoms with Crippen LogP contribution in [0.2, 0.25) is 0 Å². The second kappa shape index (κ2) is 3.25. The molecule has 1 unspecified atom stereocenters. The van der Waals surface area contributed by atoms with Crippen molar-refractivity contribution < 1.29 is 0 Å². The maximum absolute atomic E-state index is 2.30. The lowest BCUT2D eigenvalue weighted by atomic mass is 10.0. The predicted molar refractivity (Wildman–Crippen MR) is 55.7 cm³/mol. The van der Waals surface area contributed by atoms with Crippen LogP contribution in [0.4, 0.5) is 0 Å². The lowest BCUT2D eigenvalue weighted by molar-refractivity contribution is 0.634. The van der Waals surface area contributed by atoms with Crippen LogP contribution in [-0.4, -0.2) is 4.90 Å². The fraction of sp³-hybridized carbons (Fsp3) is 0.333. The van der Waals surface area contributed by atoms with Gasteiger partial charge in [0.2, 0.25) is 0 Å². The van der Waals surface area contributed by atoms with Crippen LogP contribution >= 0.6 is 0 Å². The van der Waals surface area contributed by atoms with Gasteiger partial charge in [-0.2, -0.15) is 0 Å². The molecular weight excluding hydrogens is 158 g/mol. The van der Waals surface area contributed by atoms with Gasteiger partial charge >= 0.3 is 0 Å². The van der Waals surface area contributed by atoms with Gasteiger partial charge < -0.3 is 4.90 Å². The van der Waals surface area contributed by atoms with Gasteiger partial charge in [0, 0.05) is 18.1 Å². The Morgan fingerprint density at radius 3 is 3.08 bits per heavy atom. The third-order valence-corrected chi connectivity index (χ3v) is 2.72. The summed E-state index contributed by atoms with van der Waals surface area (Å²) in [7, 11) is 0. The highest BCUT2D eigenvalue weighted by Crippen LogP contribution is 2.25. The lowest BCUT2D eigenvalue weighted by Crippen LogP contribution is -2.09. The fourth-order valence-corrected chi connectivity index (χ4v) is 1.59. The van der Waals surface area contributed by atoms with Gasteiger partial charge in [0.15, 0.2) is 0 Å². The van der Waals surface area contributed by atoms with Crippen molar-refractivity contribution in [1.82, 2.24) is 4.90 Å². The Balaban J connectivity index is 2.35. The van der Waals surface area contributed by atoms with E-state index in [1.807, 2.05) is 0 Å². The summed E-state index contributed by atoms with van der Waals surface area (Å²) in [6.07, 6.45) is 14.1. The van der Waals surface area contributed by atoms with E-state index in [0.29, 0.717) is 5.92 Å². The molecule has 2 aliphatic rings.